The van der Waals surface area contributed by atoms with Gasteiger partial charge in [0.15, 0.2) is 0 Å². The van der Waals surface area contributed by atoms with Crippen molar-refractivity contribution in [2.24, 2.45) is 5.92 Å². The van der Waals surface area contributed by atoms with E-state index < -0.39 is 12.1 Å². The molecule has 158 valence electrons. The van der Waals surface area contributed by atoms with E-state index in [2.05, 4.69) is 31.9 Å². The molecule has 0 bridgehead atoms. The summed E-state index contributed by atoms with van der Waals surface area (Å²) in [5, 5.41) is 2.67. The predicted octanol–water partition coefficient (Wildman–Crippen LogP) is 3.49. The lowest BCUT2D eigenvalue weighted by Gasteiger charge is -2.30. The lowest BCUT2D eigenvalue weighted by Crippen LogP contribution is -2.51. The van der Waals surface area contributed by atoms with Gasteiger partial charge in [-0.3, -0.25) is 4.79 Å². The Kier molecular flexibility index (Phi) is 6.78. The number of carbonyl (C=O) groups is 2. The summed E-state index contributed by atoms with van der Waals surface area (Å²) in [6.45, 7) is 6.26. The van der Waals surface area contributed by atoms with Crippen LogP contribution in [0, 0.1) is 17.8 Å². The Labute approximate surface area is 177 Å². The minimum absolute atomic E-state index is 0.0604. The van der Waals surface area contributed by atoms with Gasteiger partial charge >= 0.3 is 6.09 Å². The number of hydrogen-bond donors (Lipinski definition) is 2. The molecule has 2 heterocycles. The highest BCUT2D eigenvalue weighted by atomic mass is 16.5. The highest BCUT2D eigenvalue weighted by Crippen LogP contribution is 2.32. The molecule has 0 saturated carbocycles. The highest BCUT2D eigenvalue weighted by Gasteiger charge is 2.37. The van der Waals surface area contributed by atoms with Gasteiger partial charge < -0.3 is 19.9 Å². The first-order valence-electron chi connectivity index (χ1n) is 10.2. The van der Waals surface area contributed by atoms with Crippen LogP contribution in [0.15, 0.2) is 30.5 Å². The summed E-state index contributed by atoms with van der Waals surface area (Å²) >= 11 is 0. The van der Waals surface area contributed by atoms with E-state index in [1.54, 1.807) is 6.20 Å². The molecule has 1 saturated heterocycles. The van der Waals surface area contributed by atoms with Gasteiger partial charge in [-0.05, 0) is 43.4 Å². The van der Waals surface area contributed by atoms with E-state index in [1.807, 2.05) is 49.9 Å². The molecular formula is C23H28N4O3. The Morgan fingerprint density at radius 2 is 2.03 bits per heavy atom. The molecule has 7 nitrogen and oxygen atoms in total. The number of imidazole rings is 1. The largest absolute Gasteiger partial charge is 0.453 e. The number of likely N-dealkylation sites (tertiary alicyclic amines) is 1. The molecule has 1 aromatic heterocycles. The van der Waals surface area contributed by atoms with E-state index in [9.17, 15) is 9.59 Å². The third-order valence-electron chi connectivity index (χ3n) is 5.30. The molecule has 2 atom stereocenters. The van der Waals surface area contributed by atoms with E-state index >= 15 is 0 Å². The highest BCUT2D eigenvalue weighted by molar-refractivity contribution is 5.86. The average molecular weight is 409 g/mol. The van der Waals surface area contributed by atoms with Crippen molar-refractivity contribution in [3.05, 3.63) is 41.9 Å². The average Bonchev–Trinajstić information content (AvgIpc) is 3.41. The van der Waals surface area contributed by atoms with Gasteiger partial charge in [0.1, 0.15) is 11.9 Å². The number of aromatic amines is 1. The number of alkyl carbamates (subject to hydrolysis) is 1. The molecule has 7 heteroatoms. The Hall–Kier alpha value is -3.27. The summed E-state index contributed by atoms with van der Waals surface area (Å²) in [6, 6.07) is 7.18. The summed E-state index contributed by atoms with van der Waals surface area (Å²) in [5.74, 6) is 6.51. The van der Waals surface area contributed by atoms with E-state index in [0.29, 0.717) is 6.54 Å². The molecule has 1 fully saturated rings. The van der Waals surface area contributed by atoms with Crippen LogP contribution < -0.4 is 5.32 Å². The van der Waals surface area contributed by atoms with Crippen LogP contribution >= 0.6 is 0 Å². The third kappa shape index (κ3) is 4.65. The van der Waals surface area contributed by atoms with Gasteiger partial charge in [-0.25, -0.2) is 9.78 Å². The van der Waals surface area contributed by atoms with Gasteiger partial charge in [0, 0.05) is 12.1 Å². The van der Waals surface area contributed by atoms with Crippen molar-refractivity contribution < 1.29 is 14.3 Å². The normalized spacial score (nSPS) is 16.7. The summed E-state index contributed by atoms with van der Waals surface area (Å²) < 4.78 is 4.68. The minimum Gasteiger partial charge on any atom is -0.453 e. The van der Waals surface area contributed by atoms with Crippen molar-refractivity contribution in [3.8, 4) is 23.1 Å². The molecule has 0 radical (unpaired) electrons. The number of aromatic nitrogens is 2. The summed E-state index contributed by atoms with van der Waals surface area (Å²) in [6.07, 6.45) is 2.91. The Balaban J connectivity index is 1.79. The number of ether oxygens (including phenoxy) is 1. The van der Waals surface area contributed by atoms with Gasteiger partial charge in [0.25, 0.3) is 0 Å². The molecular weight excluding hydrogens is 380 g/mol. The van der Waals surface area contributed by atoms with Crippen molar-refractivity contribution in [1.82, 2.24) is 20.2 Å². The number of nitrogens with zero attached hydrogens (tertiary/aromatic N) is 2. The number of methoxy groups -OCH3 is 1. The van der Waals surface area contributed by atoms with Crippen LogP contribution in [0.2, 0.25) is 0 Å². The van der Waals surface area contributed by atoms with Gasteiger partial charge in [0.2, 0.25) is 5.91 Å². The predicted molar refractivity (Wildman–Crippen MR) is 114 cm³/mol. The van der Waals surface area contributed by atoms with Crippen molar-refractivity contribution in [1.29, 1.82) is 0 Å². The number of carbonyl (C=O) groups excluding carboxylic acids is 2. The lowest BCUT2D eigenvalue weighted by atomic mass is 10.0. The Morgan fingerprint density at radius 1 is 1.30 bits per heavy atom. The second kappa shape index (κ2) is 9.49. The SMILES string of the molecule is CC#Cc1ccc(-c2cnc(C3CCCN3C(=O)C(NC(=O)OC)C(C)C)[nH]2)cc1. The monoisotopic (exact) mass is 408 g/mol. The number of H-pyrrole nitrogens is 1. The molecule has 0 spiro atoms. The number of amides is 2. The topological polar surface area (TPSA) is 87.3 Å². The maximum absolute atomic E-state index is 13.2. The molecule has 2 amide bonds. The molecule has 30 heavy (non-hydrogen) atoms. The number of benzene rings is 1. The standard InChI is InChI=1S/C23H28N4O3/c1-5-7-16-9-11-17(12-10-16)18-14-24-21(25-18)19-8-6-13-27(19)22(28)20(15(2)3)26-23(29)30-4/h9-12,14-15,19-20H,6,8,13H2,1-4H3,(H,24,25)(H,26,29). The summed E-state index contributed by atoms with van der Waals surface area (Å²) in [4.78, 5) is 34.6. The lowest BCUT2D eigenvalue weighted by molar-refractivity contribution is -0.135. The molecule has 1 aliphatic rings. The fourth-order valence-electron chi connectivity index (χ4n) is 3.72. The van der Waals surface area contributed by atoms with Gasteiger partial charge in [-0.2, -0.15) is 0 Å². The quantitative estimate of drug-likeness (QED) is 0.742. The molecule has 2 unspecified atom stereocenters. The third-order valence-corrected chi connectivity index (χ3v) is 5.30. The zero-order chi connectivity index (χ0) is 21.7. The molecule has 1 aromatic carbocycles. The van der Waals surface area contributed by atoms with Crippen molar-refractivity contribution in [3.63, 3.8) is 0 Å². The van der Waals surface area contributed by atoms with E-state index in [1.165, 1.54) is 7.11 Å². The van der Waals surface area contributed by atoms with E-state index in [-0.39, 0.29) is 17.9 Å². The summed E-state index contributed by atoms with van der Waals surface area (Å²) in [7, 11) is 1.29. The molecule has 3 rings (SSSR count). The molecule has 2 aromatic rings. The van der Waals surface area contributed by atoms with Crippen molar-refractivity contribution in [2.45, 2.75) is 45.7 Å². The van der Waals surface area contributed by atoms with Crippen LogP contribution in [0.5, 0.6) is 0 Å². The molecule has 1 aliphatic heterocycles. The van der Waals surface area contributed by atoms with Crippen LogP contribution in [-0.2, 0) is 9.53 Å². The fraction of sp³-hybridized carbons (Fsp3) is 0.435. The first-order chi connectivity index (χ1) is 14.4. The zero-order valence-electron chi connectivity index (χ0n) is 17.9. The van der Waals surface area contributed by atoms with Crippen molar-refractivity contribution >= 4 is 12.0 Å². The molecule has 2 N–H and O–H groups in total. The first kappa shape index (κ1) is 21.4. The van der Waals surface area contributed by atoms with Crippen LogP contribution in [-0.4, -0.2) is 46.6 Å². The van der Waals surface area contributed by atoms with Crippen LogP contribution in [0.3, 0.4) is 0 Å². The zero-order valence-corrected chi connectivity index (χ0v) is 17.9. The number of hydrogen-bond acceptors (Lipinski definition) is 4. The van der Waals surface area contributed by atoms with E-state index in [4.69, 9.17) is 0 Å². The van der Waals surface area contributed by atoms with Gasteiger partial charge in [-0.1, -0.05) is 31.9 Å². The molecule has 0 aliphatic carbocycles. The maximum Gasteiger partial charge on any atom is 0.407 e. The van der Waals surface area contributed by atoms with Gasteiger partial charge in [0.05, 0.1) is 25.0 Å². The van der Waals surface area contributed by atoms with E-state index in [0.717, 1.165) is 35.5 Å². The number of rotatable bonds is 5. The van der Waals surface area contributed by atoms with Crippen LogP contribution in [0.4, 0.5) is 4.79 Å². The number of nitrogens with one attached hydrogen (secondary N) is 2. The summed E-state index contributed by atoms with van der Waals surface area (Å²) in [5.41, 5.74) is 2.87. The minimum atomic E-state index is -0.639. The van der Waals surface area contributed by atoms with Crippen LogP contribution in [0.1, 0.15) is 51.0 Å². The fourth-order valence-corrected chi connectivity index (χ4v) is 3.72. The second-order valence-corrected chi connectivity index (χ2v) is 7.68. The van der Waals surface area contributed by atoms with Gasteiger partial charge in [-0.15, -0.1) is 5.92 Å². The maximum atomic E-state index is 13.2. The Morgan fingerprint density at radius 3 is 2.67 bits per heavy atom. The smallest absolute Gasteiger partial charge is 0.407 e. The van der Waals surface area contributed by atoms with Crippen LogP contribution in [0.25, 0.3) is 11.3 Å². The van der Waals surface area contributed by atoms with Crippen molar-refractivity contribution in [2.75, 3.05) is 13.7 Å². The second-order valence-electron chi connectivity index (χ2n) is 7.68. The Bertz CT molecular complexity index is 953. The first-order valence-corrected chi connectivity index (χ1v) is 10.2.